The molecule has 1 aromatic heterocycles. The molecular formula is C15H19NO3S2. The molecule has 2 aromatic rings. The maximum Gasteiger partial charge on any atom is 0.252 e. The Morgan fingerprint density at radius 1 is 1.14 bits per heavy atom. The van der Waals surface area contributed by atoms with Gasteiger partial charge in [0.2, 0.25) is 0 Å². The van der Waals surface area contributed by atoms with E-state index < -0.39 is 15.6 Å². The second-order valence-electron chi connectivity index (χ2n) is 5.50. The second kappa shape index (κ2) is 6.27. The van der Waals surface area contributed by atoms with E-state index in [4.69, 9.17) is 0 Å². The molecule has 0 aliphatic carbocycles. The van der Waals surface area contributed by atoms with Gasteiger partial charge in [-0.2, -0.15) is 4.31 Å². The van der Waals surface area contributed by atoms with Crippen LogP contribution in [-0.2, 0) is 16.6 Å². The predicted octanol–water partition coefficient (Wildman–Crippen LogP) is 2.71. The van der Waals surface area contributed by atoms with Crippen LogP contribution in [0.1, 0.15) is 19.4 Å². The summed E-state index contributed by atoms with van der Waals surface area (Å²) in [6.07, 6.45) is 0. The minimum atomic E-state index is -3.60. The molecule has 0 radical (unpaired) electrons. The lowest BCUT2D eigenvalue weighted by molar-refractivity contribution is 0.0577. The number of nitrogens with zero attached hydrogens (tertiary/aromatic N) is 1. The molecule has 0 unspecified atom stereocenters. The van der Waals surface area contributed by atoms with Crippen LogP contribution in [0, 0.1) is 0 Å². The third kappa shape index (κ3) is 4.38. The van der Waals surface area contributed by atoms with E-state index in [0.717, 1.165) is 5.56 Å². The molecular weight excluding hydrogens is 306 g/mol. The van der Waals surface area contributed by atoms with Gasteiger partial charge in [0.05, 0.1) is 5.60 Å². The van der Waals surface area contributed by atoms with E-state index in [9.17, 15) is 13.5 Å². The summed E-state index contributed by atoms with van der Waals surface area (Å²) in [6, 6.07) is 12.7. The first-order valence-corrected chi connectivity index (χ1v) is 8.91. The average molecular weight is 325 g/mol. The van der Waals surface area contributed by atoms with Crippen molar-refractivity contribution in [1.82, 2.24) is 4.31 Å². The molecule has 0 aliphatic heterocycles. The van der Waals surface area contributed by atoms with E-state index in [1.807, 2.05) is 30.3 Å². The van der Waals surface area contributed by atoms with Gasteiger partial charge in [-0.1, -0.05) is 36.4 Å². The van der Waals surface area contributed by atoms with E-state index >= 15 is 0 Å². The van der Waals surface area contributed by atoms with Crippen molar-refractivity contribution >= 4 is 21.4 Å². The lowest BCUT2D eigenvalue weighted by Crippen LogP contribution is -2.41. The molecule has 0 bridgehead atoms. The Kier molecular flexibility index (Phi) is 4.83. The summed E-state index contributed by atoms with van der Waals surface area (Å²) in [5.41, 5.74) is -0.207. The van der Waals surface area contributed by atoms with E-state index in [1.54, 1.807) is 31.4 Å². The fraction of sp³-hybridized carbons (Fsp3) is 0.333. The van der Waals surface area contributed by atoms with Gasteiger partial charge in [-0.3, -0.25) is 0 Å². The van der Waals surface area contributed by atoms with Gasteiger partial charge >= 0.3 is 0 Å². The highest BCUT2D eigenvalue weighted by atomic mass is 32.2. The van der Waals surface area contributed by atoms with Crippen molar-refractivity contribution in [2.75, 3.05) is 6.54 Å². The topological polar surface area (TPSA) is 57.6 Å². The minimum absolute atomic E-state index is 0.0438. The van der Waals surface area contributed by atoms with Gasteiger partial charge in [-0.05, 0) is 30.9 Å². The van der Waals surface area contributed by atoms with Gasteiger partial charge in [0.15, 0.2) is 0 Å². The maximum absolute atomic E-state index is 12.7. The van der Waals surface area contributed by atoms with E-state index in [2.05, 4.69) is 0 Å². The first-order valence-electron chi connectivity index (χ1n) is 6.59. The zero-order valence-corrected chi connectivity index (χ0v) is 13.7. The van der Waals surface area contributed by atoms with E-state index in [-0.39, 0.29) is 13.1 Å². The Morgan fingerprint density at radius 2 is 1.81 bits per heavy atom. The molecule has 0 atom stereocenters. The fourth-order valence-corrected chi connectivity index (χ4v) is 4.71. The molecule has 1 aromatic carbocycles. The van der Waals surface area contributed by atoms with Crippen molar-refractivity contribution in [3.05, 3.63) is 53.4 Å². The van der Waals surface area contributed by atoms with Gasteiger partial charge in [-0.25, -0.2) is 8.42 Å². The van der Waals surface area contributed by atoms with Gasteiger partial charge in [-0.15, -0.1) is 11.3 Å². The van der Waals surface area contributed by atoms with Crippen molar-refractivity contribution in [1.29, 1.82) is 0 Å². The Balaban J connectivity index is 2.33. The van der Waals surface area contributed by atoms with Crippen molar-refractivity contribution in [3.8, 4) is 0 Å². The number of thiophene rings is 1. The van der Waals surface area contributed by atoms with E-state index in [1.165, 1.54) is 15.6 Å². The van der Waals surface area contributed by atoms with Crippen LogP contribution in [0.5, 0.6) is 0 Å². The summed E-state index contributed by atoms with van der Waals surface area (Å²) < 4.78 is 27.0. The number of sulfonamides is 1. The van der Waals surface area contributed by atoms with Gasteiger partial charge in [0.25, 0.3) is 10.0 Å². The molecule has 2 rings (SSSR count). The summed E-state index contributed by atoms with van der Waals surface area (Å²) in [6.45, 7) is 3.50. The Hall–Kier alpha value is -1.21. The van der Waals surface area contributed by atoms with E-state index in [0.29, 0.717) is 4.21 Å². The molecule has 1 N–H and O–H groups in total. The normalized spacial score (nSPS) is 12.8. The number of aliphatic hydroxyl groups is 1. The van der Waals surface area contributed by atoms with Crippen LogP contribution in [0.4, 0.5) is 0 Å². The first-order chi connectivity index (χ1) is 9.79. The zero-order valence-electron chi connectivity index (χ0n) is 12.1. The van der Waals surface area contributed by atoms with Crippen LogP contribution in [0.25, 0.3) is 0 Å². The summed E-state index contributed by atoms with van der Waals surface area (Å²) in [4.78, 5) is 0. The monoisotopic (exact) mass is 325 g/mol. The lowest BCUT2D eigenvalue weighted by atomic mass is 10.1. The highest BCUT2D eigenvalue weighted by Crippen LogP contribution is 2.24. The Morgan fingerprint density at radius 3 is 2.33 bits per heavy atom. The van der Waals surface area contributed by atoms with Crippen LogP contribution in [-0.4, -0.2) is 30.0 Å². The second-order valence-corrected chi connectivity index (χ2v) is 8.62. The molecule has 0 saturated heterocycles. The van der Waals surface area contributed by atoms with Crippen molar-refractivity contribution < 1.29 is 13.5 Å². The third-order valence-electron chi connectivity index (χ3n) is 2.85. The average Bonchev–Trinajstić information content (AvgIpc) is 2.92. The summed E-state index contributed by atoms with van der Waals surface area (Å²) in [5, 5.41) is 11.8. The van der Waals surface area contributed by atoms with Crippen molar-refractivity contribution in [3.63, 3.8) is 0 Å². The molecule has 21 heavy (non-hydrogen) atoms. The lowest BCUT2D eigenvalue weighted by Gasteiger charge is -2.28. The summed E-state index contributed by atoms with van der Waals surface area (Å²) in [7, 11) is -3.60. The molecule has 0 spiro atoms. The minimum Gasteiger partial charge on any atom is -0.389 e. The number of hydrogen-bond acceptors (Lipinski definition) is 4. The predicted molar refractivity (Wildman–Crippen MR) is 84.7 cm³/mol. The van der Waals surface area contributed by atoms with Crippen molar-refractivity contribution in [2.45, 2.75) is 30.2 Å². The van der Waals surface area contributed by atoms with Crippen LogP contribution >= 0.6 is 11.3 Å². The maximum atomic E-state index is 12.7. The van der Waals surface area contributed by atoms with Crippen LogP contribution in [0.15, 0.2) is 52.1 Å². The molecule has 0 aliphatic rings. The molecule has 6 heteroatoms. The molecule has 114 valence electrons. The number of benzene rings is 1. The standard InChI is InChI=1S/C15H19NO3S2/c1-15(2,17)12-16(11-13-7-4-3-5-8-13)21(18,19)14-9-6-10-20-14/h3-10,17H,11-12H2,1-2H3. The molecule has 0 saturated carbocycles. The van der Waals surface area contributed by atoms with Crippen LogP contribution < -0.4 is 0 Å². The van der Waals surface area contributed by atoms with Crippen LogP contribution in [0.2, 0.25) is 0 Å². The Bertz CT molecular complexity index is 659. The summed E-state index contributed by atoms with van der Waals surface area (Å²) >= 11 is 1.18. The smallest absolute Gasteiger partial charge is 0.252 e. The Labute approximate surface area is 129 Å². The largest absolute Gasteiger partial charge is 0.389 e. The fourth-order valence-electron chi connectivity index (χ4n) is 1.98. The highest BCUT2D eigenvalue weighted by molar-refractivity contribution is 7.91. The number of hydrogen-bond donors (Lipinski definition) is 1. The molecule has 0 fully saturated rings. The van der Waals surface area contributed by atoms with Gasteiger partial charge in [0.1, 0.15) is 4.21 Å². The molecule has 0 amide bonds. The van der Waals surface area contributed by atoms with Crippen molar-refractivity contribution in [2.24, 2.45) is 0 Å². The first kappa shape index (κ1) is 16.2. The van der Waals surface area contributed by atoms with Gasteiger partial charge in [0, 0.05) is 13.1 Å². The highest BCUT2D eigenvalue weighted by Gasteiger charge is 2.30. The third-order valence-corrected chi connectivity index (χ3v) is 6.02. The SMILES string of the molecule is CC(C)(O)CN(Cc1ccccc1)S(=O)(=O)c1cccs1. The zero-order chi connectivity index (χ0) is 15.5. The van der Waals surface area contributed by atoms with Crippen LogP contribution in [0.3, 0.4) is 0 Å². The number of rotatable bonds is 6. The summed E-state index contributed by atoms with van der Waals surface area (Å²) in [5.74, 6) is 0. The molecule has 1 heterocycles. The molecule has 4 nitrogen and oxygen atoms in total. The van der Waals surface area contributed by atoms with Gasteiger partial charge < -0.3 is 5.11 Å². The quantitative estimate of drug-likeness (QED) is 0.888.